The highest BCUT2D eigenvalue weighted by molar-refractivity contribution is 6.07. The van der Waals surface area contributed by atoms with Gasteiger partial charge in [-0.05, 0) is 17.4 Å². The summed E-state index contributed by atoms with van der Waals surface area (Å²) in [5.74, 6) is -0.230. The third-order valence-electron chi connectivity index (χ3n) is 5.73. The molecule has 4 amide bonds. The van der Waals surface area contributed by atoms with Crippen molar-refractivity contribution in [1.82, 2.24) is 19.7 Å². The number of amides is 4. The van der Waals surface area contributed by atoms with E-state index in [0.29, 0.717) is 25.3 Å². The Morgan fingerprint density at radius 3 is 2.63 bits per heavy atom. The van der Waals surface area contributed by atoms with Crippen LogP contribution in [0.3, 0.4) is 0 Å². The molecule has 7 nitrogen and oxygen atoms in total. The summed E-state index contributed by atoms with van der Waals surface area (Å²) in [6.45, 7) is 9.48. The third kappa shape index (κ3) is 3.53. The van der Waals surface area contributed by atoms with Gasteiger partial charge in [-0.2, -0.15) is 0 Å². The quantitative estimate of drug-likeness (QED) is 0.732. The molecule has 0 N–H and O–H groups in total. The Hall–Kier alpha value is -2.96. The van der Waals surface area contributed by atoms with E-state index in [4.69, 9.17) is 0 Å². The highest BCUT2D eigenvalue weighted by atomic mass is 16.2. The molecule has 7 heteroatoms. The third-order valence-corrected chi connectivity index (χ3v) is 5.73. The number of fused-ring (bicyclic) bond motifs is 2. The van der Waals surface area contributed by atoms with Gasteiger partial charge in [0.1, 0.15) is 11.7 Å². The minimum Gasteiger partial charge on any atom is -0.334 e. The van der Waals surface area contributed by atoms with Crippen LogP contribution >= 0.6 is 0 Å². The van der Waals surface area contributed by atoms with E-state index in [1.165, 1.54) is 4.90 Å². The van der Waals surface area contributed by atoms with E-state index in [1.54, 1.807) is 16.0 Å². The predicted octanol–water partition coefficient (Wildman–Crippen LogP) is 3.01. The maximum Gasteiger partial charge on any atom is 0.327 e. The lowest BCUT2D eigenvalue weighted by Crippen LogP contribution is -2.44. The van der Waals surface area contributed by atoms with Gasteiger partial charge in [-0.25, -0.2) is 4.79 Å². The second-order valence-corrected chi connectivity index (χ2v) is 9.50. The maximum absolute atomic E-state index is 13.5. The van der Waals surface area contributed by atoms with Crippen molar-refractivity contribution in [3.63, 3.8) is 0 Å². The van der Waals surface area contributed by atoms with E-state index in [-0.39, 0.29) is 35.7 Å². The van der Waals surface area contributed by atoms with Gasteiger partial charge >= 0.3 is 6.03 Å². The van der Waals surface area contributed by atoms with Crippen molar-refractivity contribution >= 4 is 28.6 Å². The van der Waals surface area contributed by atoms with Crippen LogP contribution in [0.5, 0.6) is 0 Å². The Labute approximate surface area is 176 Å². The number of hydrogen-bond acceptors (Lipinski definition) is 4. The summed E-state index contributed by atoms with van der Waals surface area (Å²) in [7, 11) is 0. The summed E-state index contributed by atoms with van der Waals surface area (Å²) >= 11 is 0. The number of aromatic nitrogens is 1. The lowest BCUT2D eigenvalue weighted by Gasteiger charge is -2.30. The van der Waals surface area contributed by atoms with Crippen molar-refractivity contribution in [1.29, 1.82) is 0 Å². The van der Waals surface area contributed by atoms with Gasteiger partial charge in [0.2, 0.25) is 0 Å². The molecule has 2 aliphatic rings. The Kier molecular flexibility index (Phi) is 5.00. The Morgan fingerprint density at radius 2 is 1.90 bits per heavy atom. The second kappa shape index (κ2) is 7.38. The number of pyridine rings is 1. The Bertz CT molecular complexity index is 1010. The zero-order valence-electron chi connectivity index (χ0n) is 18.0. The second-order valence-electron chi connectivity index (χ2n) is 9.50. The normalized spacial score (nSPS) is 21.4. The summed E-state index contributed by atoms with van der Waals surface area (Å²) < 4.78 is 0. The average Bonchev–Trinajstić information content (AvgIpc) is 2.83. The molecule has 0 bridgehead atoms. The lowest BCUT2D eigenvalue weighted by atomic mass is 9.92. The monoisotopic (exact) mass is 408 g/mol. The molecule has 3 heterocycles. The van der Waals surface area contributed by atoms with Gasteiger partial charge in [-0.1, -0.05) is 52.0 Å². The van der Waals surface area contributed by atoms with Crippen molar-refractivity contribution in [3.8, 4) is 0 Å². The maximum atomic E-state index is 13.5. The lowest BCUT2D eigenvalue weighted by molar-refractivity contribution is -0.128. The van der Waals surface area contributed by atoms with E-state index in [9.17, 15) is 14.4 Å². The largest absolute Gasteiger partial charge is 0.334 e. The molecule has 2 aromatic rings. The molecule has 1 unspecified atom stereocenters. The van der Waals surface area contributed by atoms with E-state index >= 15 is 0 Å². The number of carbonyl (C=O) groups excluding carboxylic acids is 3. The molecule has 2 fully saturated rings. The van der Waals surface area contributed by atoms with Gasteiger partial charge in [-0.3, -0.25) is 19.5 Å². The molecule has 0 spiro atoms. The first-order valence-electron chi connectivity index (χ1n) is 10.4. The van der Waals surface area contributed by atoms with Gasteiger partial charge in [0.05, 0.1) is 6.54 Å². The van der Waals surface area contributed by atoms with Crippen LogP contribution in [0.15, 0.2) is 36.5 Å². The number of benzene rings is 1. The van der Waals surface area contributed by atoms with Crippen LogP contribution in [0.1, 0.15) is 38.2 Å². The van der Waals surface area contributed by atoms with Crippen LogP contribution in [-0.2, 0) is 4.79 Å². The van der Waals surface area contributed by atoms with Gasteiger partial charge in [0.25, 0.3) is 11.8 Å². The van der Waals surface area contributed by atoms with Crippen molar-refractivity contribution in [2.45, 2.75) is 33.7 Å². The highest BCUT2D eigenvalue weighted by Gasteiger charge is 2.50. The summed E-state index contributed by atoms with van der Waals surface area (Å²) in [6, 6.07) is 8.64. The summed E-state index contributed by atoms with van der Waals surface area (Å²) in [6.07, 6.45) is 1.64. The average molecular weight is 409 g/mol. The van der Waals surface area contributed by atoms with E-state index in [2.05, 4.69) is 4.98 Å². The van der Waals surface area contributed by atoms with Crippen LogP contribution < -0.4 is 0 Å². The molecule has 2 saturated heterocycles. The van der Waals surface area contributed by atoms with Gasteiger partial charge in [0, 0.05) is 36.6 Å². The molecule has 1 aromatic heterocycles. The number of hydrogen-bond donors (Lipinski definition) is 0. The van der Waals surface area contributed by atoms with Crippen molar-refractivity contribution in [2.75, 3.05) is 26.2 Å². The molecular formula is C23H28N4O3. The molecule has 0 saturated carbocycles. The number of urea groups is 1. The minimum absolute atomic E-state index is 0.187. The number of nitrogens with zero attached hydrogens (tertiary/aromatic N) is 4. The summed E-state index contributed by atoms with van der Waals surface area (Å²) in [4.78, 5) is 48.6. The molecule has 1 atom stereocenters. The Balaban J connectivity index is 1.69. The number of imide groups is 1. The smallest absolute Gasteiger partial charge is 0.327 e. The zero-order valence-corrected chi connectivity index (χ0v) is 18.0. The fraction of sp³-hybridized carbons (Fsp3) is 0.478. The van der Waals surface area contributed by atoms with Crippen molar-refractivity contribution in [2.24, 2.45) is 11.3 Å². The Morgan fingerprint density at radius 1 is 1.17 bits per heavy atom. The van der Waals surface area contributed by atoms with Gasteiger partial charge < -0.3 is 9.80 Å². The van der Waals surface area contributed by atoms with Crippen LogP contribution in [0.2, 0.25) is 0 Å². The zero-order chi connectivity index (χ0) is 21.6. The predicted molar refractivity (Wildman–Crippen MR) is 114 cm³/mol. The number of rotatable bonds is 3. The van der Waals surface area contributed by atoms with E-state index in [0.717, 1.165) is 10.8 Å². The first-order chi connectivity index (χ1) is 14.2. The summed E-state index contributed by atoms with van der Waals surface area (Å²) in [5.41, 5.74) is 0.0341. The molecule has 158 valence electrons. The molecular weight excluding hydrogens is 380 g/mol. The minimum atomic E-state index is -0.642. The molecule has 0 aliphatic carbocycles. The molecule has 0 radical (unpaired) electrons. The van der Waals surface area contributed by atoms with Gasteiger partial charge in [-0.15, -0.1) is 0 Å². The first kappa shape index (κ1) is 20.3. The molecule has 1 aromatic carbocycles. The molecule has 30 heavy (non-hydrogen) atoms. The van der Waals surface area contributed by atoms with Crippen LogP contribution in [0.4, 0.5) is 4.79 Å². The fourth-order valence-electron chi connectivity index (χ4n) is 4.48. The van der Waals surface area contributed by atoms with Crippen LogP contribution in [0.25, 0.3) is 10.8 Å². The first-order valence-corrected chi connectivity index (χ1v) is 10.4. The van der Waals surface area contributed by atoms with E-state index in [1.807, 2.05) is 58.0 Å². The van der Waals surface area contributed by atoms with E-state index < -0.39 is 6.04 Å². The van der Waals surface area contributed by atoms with Crippen molar-refractivity contribution in [3.05, 3.63) is 42.2 Å². The molecule has 2 aliphatic heterocycles. The van der Waals surface area contributed by atoms with Crippen LogP contribution in [-0.4, -0.2) is 69.8 Å². The highest BCUT2D eigenvalue weighted by Crippen LogP contribution is 2.31. The number of carbonyl (C=O) groups is 3. The fourth-order valence-corrected chi connectivity index (χ4v) is 4.48. The standard InChI is InChI=1S/C23H28N4O3/c1-15(2)11-26-20(28)18-12-25(13-23(3,4)14-27(18)22(26)30)21(29)19-17-8-6-5-7-16(17)9-10-24-19/h5-10,15,18H,11-14H2,1-4H3. The van der Waals surface area contributed by atoms with Gasteiger partial charge in [0.15, 0.2) is 0 Å². The SMILES string of the molecule is CC(C)CN1C(=O)C2CN(C(=O)c3nccc4ccccc34)CC(C)(C)CN2C1=O. The topological polar surface area (TPSA) is 73.8 Å². The van der Waals surface area contributed by atoms with Crippen LogP contribution in [0, 0.1) is 11.3 Å². The molecule has 4 rings (SSSR count). The summed E-state index contributed by atoms with van der Waals surface area (Å²) in [5, 5.41) is 1.74. The van der Waals surface area contributed by atoms with Crippen molar-refractivity contribution < 1.29 is 14.4 Å².